The highest BCUT2D eigenvalue weighted by Crippen LogP contribution is 2.20. The lowest BCUT2D eigenvalue weighted by Gasteiger charge is -2.06. The van der Waals surface area contributed by atoms with E-state index in [-0.39, 0.29) is 5.69 Å². The molecule has 128 valence electrons. The maximum Gasteiger partial charge on any atom is 0.360 e. The zero-order valence-electron chi connectivity index (χ0n) is 14.2. The molecule has 2 aromatic heterocycles. The van der Waals surface area contributed by atoms with Gasteiger partial charge in [0.05, 0.1) is 24.3 Å². The number of esters is 1. The Morgan fingerprint density at radius 3 is 2.80 bits per heavy atom. The Labute approximate surface area is 145 Å². The van der Waals surface area contributed by atoms with Crippen LogP contribution in [-0.2, 0) is 11.3 Å². The van der Waals surface area contributed by atoms with E-state index >= 15 is 0 Å². The van der Waals surface area contributed by atoms with Crippen LogP contribution < -0.4 is 0 Å². The molecule has 0 bridgehead atoms. The molecule has 0 saturated carbocycles. The molecule has 0 unspecified atom stereocenters. The molecule has 0 spiro atoms. The van der Waals surface area contributed by atoms with E-state index in [0.717, 1.165) is 22.5 Å². The Bertz CT molecular complexity index is 891. The summed E-state index contributed by atoms with van der Waals surface area (Å²) in [4.78, 5) is 20.1. The number of nitrogens with zero attached hydrogens (tertiary/aromatic N) is 3. The molecule has 0 fully saturated rings. The highest BCUT2D eigenvalue weighted by molar-refractivity contribution is 5.87. The Balaban J connectivity index is 1.76. The first-order valence-corrected chi connectivity index (χ1v) is 7.98. The number of rotatable bonds is 6. The van der Waals surface area contributed by atoms with Crippen LogP contribution in [0.3, 0.4) is 0 Å². The summed E-state index contributed by atoms with van der Waals surface area (Å²) >= 11 is 0. The van der Waals surface area contributed by atoms with Gasteiger partial charge in [-0.1, -0.05) is 18.7 Å². The average Bonchev–Trinajstić information content (AvgIpc) is 3.23. The third-order valence-electron chi connectivity index (χ3n) is 3.81. The molecule has 2 heterocycles. The van der Waals surface area contributed by atoms with Gasteiger partial charge in [-0.3, -0.25) is 0 Å². The van der Waals surface area contributed by atoms with Crippen molar-refractivity contribution in [1.82, 2.24) is 14.5 Å². The molecule has 0 atom stereocenters. The number of hydrogen-bond donors (Lipinski definition) is 0. The highest BCUT2D eigenvalue weighted by Gasteiger charge is 2.14. The van der Waals surface area contributed by atoms with Crippen molar-refractivity contribution in [1.29, 1.82) is 0 Å². The first-order chi connectivity index (χ1) is 12.1. The molecule has 0 aliphatic heterocycles. The van der Waals surface area contributed by atoms with E-state index in [0.29, 0.717) is 19.0 Å². The number of aromatic nitrogens is 3. The Morgan fingerprint density at radius 2 is 2.12 bits per heavy atom. The molecular weight excluding hydrogens is 318 g/mol. The van der Waals surface area contributed by atoms with E-state index in [1.165, 1.54) is 6.26 Å². The number of oxazole rings is 1. The van der Waals surface area contributed by atoms with Crippen molar-refractivity contribution in [2.24, 2.45) is 0 Å². The molecule has 0 saturated heterocycles. The van der Waals surface area contributed by atoms with Crippen molar-refractivity contribution in [3.05, 3.63) is 66.1 Å². The molecule has 3 rings (SSSR count). The van der Waals surface area contributed by atoms with Gasteiger partial charge in [0.1, 0.15) is 6.26 Å². The number of imidazole rings is 1. The second kappa shape index (κ2) is 7.17. The third-order valence-corrected chi connectivity index (χ3v) is 3.81. The average molecular weight is 337 g/mol. The summed E-state index contributed by atoms with van der Waals surface area (Å²) in [6, 6.07) is 7.80. The van der Waals surface area contributed by atoms with E-state index in [2.05, 4.69) is 16.5 Å². The van der Waals surface area contributed by atoms with Crippen LogP contribution in [0.1, 0.15) is 34.4 Å². The fourth-order valence-corrected chi connectivity index (χ4v) is 2.54. The number of aryl methyl sites for hydroxylation is 1. The smallest absolute Gasteiger partial charge is 0.360 e. The van der Waals surface area contributed by atoms with Crippen LogP contribution in [0.4, 0.5) is 0 Å². The SMILES string of the molecule is C=Cc1c(C)ncn1Cc1ccc(-c2nc(C(=O)OCC)co2)cc1. The van der Waals surface area contributed by atoms with Crippen LogP contribution >= 0.6 is 0 Å². The molecule has 0 radical (unpaired) electrons. The van der Waals surface area contributed by atoms with E-state index in [4.69, 9.17) is 9.15 Å². The lowest BCUT2D eigenvalue weighted by Crippen LogP contribution is -2.04. The molecule has 0 N–H and O–H groups in total. The van der Waals surface area contributed by atoms with Crippen LogP contribution in [0.15, 0.2) is 47.9 Å². The Hall–Kier alpha value is -3.15. The molecule has 25 heavy (non-hydrogen) atoms. The molecule has 3 aromatic rings. The van der Waals surface area contributed by atoms with Gasteiger partial charge in [0, 0.05) is 12.1 Å². The molecule has 6 nitrogen and oxygen atoms in total. The minimum Gasteiger partial charge on any atom is -0.461 e. The Morgan fingerprint density at radius 1 is 1.36 bits per heavy atom. The summed E-state index contributed by atoms with van der Waals surface area (Å²) in [5.74, 6) is -0.0959. The topological polar surface area (TPSA) is 70.2 Å². The summed E-state index contributed by atoms with van der Waals surface area (Å²) in [6.45, 7) is 8.53. The number of benzene rings is 1. The van der Waals surface area contributed by atoms with E-state index < -0.39 is 5.97 Å². The predicted octanol–water partition coefficient (Wildman–Crippen LogP) is 3.71. The second-order valence-corrected chi connectivity index (χ2v) is 5.50. The highest BCUT2D eigenvalue weighted by atomic mass is 16.5. The zero-order valence-corrected chi connectivity index (χ0v) is 14.2. The van der Waals surface area contributed by atoms with Gasteiger partial charge < -0.3 is 13.7 Å². The van der Waals surface area contributed by atoms with Crippen molar-refractivity contribution in [3.8, 4) is 11.5 Å². The van der Waals surface area contributed by atoms with Crippen molar-refractivity contribution < 1.29 is 13.9 Å². The summed E-state index contributed by atoms with van der Waals surface area (Å²) in [5.41, 5.74) is 4.05. The first kappa shape index (κ1) is 16.7. The Kier molecular flexibility index (Phi) is 4.79. The molecule has 0 aliphatic carbocycles. The quantitative estimate of drug-likeness (QED) is 0.641. The first-order valence-electron chi connectivity index (χ1n) is 7.98. The number of ether oxygens (including phenoxy) is 1. The van der Waals surface area contributed by atoms with Crippen LogP contribution in [0, 0.1) is 6.92 Å². The maximum atomic E-state index is 11.6. The van der Waals surface area contributed by atoms with Gasteiger partial charge in [-0.05, 0) is 37.6 Å². The van der Waals surface area contributed by atoms with Crippen LogP contribution in [-0.4, -0.2) is 27.1 Å². The van der Waals surface area contributed by atoms with Gasteiger partial charge in [-0.2, -0.15) is 0 Å². The van der Waals surface area contributed by atoms with E-state index in [9.17, 15) is 4.79 Å². The fraction of sp³-hybridized carbons (Fsp3) is 0.211. The molecule has 0 amide bonds. The predicted molar refractivity (Wildman–Crippen MR) is 94.1 cm³/mol. The molecular formula is C19H19N3O3. The summed E-state index contributed by atoms with van der Waals surface area (Å²) in [6.07, 6.45) is 4.92. The monoisotopic (exact) mass is 337 g/mol. The van der Waals surface area contributed by atoms with Gasteiger partial charge in [-0.25, -0.2) is 14.8 Å². The zero-order chi connectivity index (χ0) is 17.8. The van der Waals surface area contributed by atoms with E-state index in [1.807, 2.05) is 35.8 Å². The number of hydrogen-bond acceptors (Lipinski definition) is 5. The van der Waals surface area contributed by atoms with Crippen molar-refractivity contribution in [3.63, 3.8) is 0 Å². The number of carbonyl (C=O) groups is 1. The largest absolute Gasteiger partial charge is 0.461 e. The minimum absolute atomic E-state index is 0.172. The summed E-state index contributed by atoms with van der Waals surface area (Å²) in [7, 11) is 0. The summed E-state index contributed by atoms with van der Waals surface area (Å²) < 4.78 is 12.3. The second-order valence-electron chi connectivity index (χ2n) is 5.50. The minimum atomic E-state index is -0.485. The van der Waals surface area contributed by atoms with Gasteiger partial charge in [0.2, 0.25) is 5.89 Å². The number of carbonyl (C=O) groups excluding carboxylic acids is 1. The van der Waals surface area contributed by atoms with Crippen LogP contribution in [0.25, 0.3) is 17.5 Å². The van der Waals surface area contributed by atoms with Crippen LogP contribution in [0.2, 0.25) is 0 Å². The van der Waals surface area contributed by atoms with Gasteiger partial charge in [-0.15, -0.1) is 0 Å². The fourth-order valence-electron chi connectivity index (χ4n) is 2.54. The lowest BCUT2D eigenvalue weighted by atomic mass is 10.1. The summed E-state index contributed by atoms with van der Waals surface area (Å²) in [5, 5.41) is 0. The van der Waals surface area contributed by atoms with Gasteiger partial charge >= 0.3 is 5.97 Å². The van der Waals surface area contributed by atoms with Gasteiger partial charge in [0.25, 0.3) is 0 Å². The van der Waals surface area contributed by atoms with Crippen molar-refractivity contribution in [2.45, 2.75) is 20.4 Å². The molecule has 1 aromatic carbocycles. The van der Waals surface area contributed by atoms with Crippen molar-refractivity contribution in [2.75, 3.05) is 6.61 Å². The standard InChI is InChI=1S/C19H19N3O3/c1-4-17-13(3)20-12-22(17)10-14-6-8-15(9-7-14)18-21-16(11-25-18)19(23)24-5-2/h4,6-9,11-12H,1,5,10H2,2-3H3. The normalized spacial score (nSPS) is 10.6. The van der Waals surface area contributed by atoms with Crippen molar-refractivity contribution >= 4 is 12.0 Å². The van der Waals surface area contributed by atoms with Crippen LogP contribution in [0.5, 0.6) is 0 Å². The molecule has 6 heteroatoms. The third kappa shape index (κ3) is 3.52. The molecule has 0 aliphatic rings. The lowest BCUT2D eigenvalue weighted by molar-refractivity contribution is 0.0519. The van der Waals surface area contributed by atoms with E-state index in [1.54, 1.807) is 19.3 Å². The maximum absolute atomic E-state index is 11.6. The van der Waals surface area contributed by atoms with Gasteiger partial charge in [0.15, 0.2) is 5.69 Å².